The number of furan rings is 1. The molecule has 36 heavy (non-hydrogen) atoms. The topological polar surface area (TPSA) is 157 Å². The second kappa shape index (κ2) is 9.29. The van der Waals surface area contributed by atoms with Crippen molar-refractivity contribution in [2.45, 2.75) is 33.1 Å². The van der Waals surface area contributed by atoms with Crippen LogP contribution in [0.15, 0.2) is 22.8 Å². The fourth-order valence-electron chi connectivity index (χ4n) is 4.54. The summed E-state index contributed by atoms with van der Waals surface area (Å²) in [6.07, 6.45) is 4.05. The van der Waals surface area contributed by atoms with Gasteiger partial charge < -0.3 is 25.9 Å². The number of hydrogen-bond donors (Lipinski definition) is 3. The van der Waals surface area contributed by atoms with Gasteiger partial charge in [-0.15, -0.1) is 22.7 Å². The number of aromatic nitrogens is 1. The predicted octanol–water partition coefficient (Wildman–Crippen LogP) is 5.21. The van der Waals surface area contributed by atoms with E-state index >= 15 is 0 Å². The monoisotopic (exact) mass is 521 g/mol. The molecule has 0 radical (unpaired) electrons. The second-order valence-electron chi connectivity index (χ2n) is 8.59. The molecule has 0 bridgehead atoms. The van der Waals surface area contributed by atoms with Crippen LogP contribution in [0, 0.1) is 17.2 Å². The average Bonchev–Trinajstić information content (AvgIpc) is 3.56. The highest BCUT2D eigenvalue weighted by atomic mass is 32.1. The Bertz CT molecular complexity index is 1550. The molecule has 0 aliphatic heterocycles. The summed E-state index contributed by atoms with van der Waals surface area (Å²) in [7, 11) is 0. The quantitative estimate of drug-likeness (QED) is 0.302. The second-order valence-corrected chi connectivity index (χ2v) is 10.7. The van der Waals surface area contributed by atoms with Crippen LogP contribution in [0.25, 0.3) is 21.5 Å². The van der Waals surface area contributed by atoms with E-state index in [0.717, 1.165) is 41.0 Å². The Kier molecular flexibility index (Phi) is 6.15. The largest absolute Gasteiger partial charge is 0.464 e. The van der Waals surface area contributed by atoms with Gasteiger partial charge in [0.2, 0.25) is 0 Å². The van der Waals surface area contributed by atoms with E-state index in [4.69, 9.17) is 20.6 Å². The fraction of sp³-hybridized carbons (Fsp3) is 0.280. The van der Waals surface area contributed by atoms with Crippen molar-refractivity contribution in [1.29, 1.82) is 5.26 Å². The lowest BCUT2D eigenvalue weighted by molar-refractivity contribution is 0.0526. The van der Waals surface area contributed by atoms with Gasteiger partial charge in [-0.3, -0.25) is 4.79 Å². The van der Waals surface area contributed by atoms with Crippen LogP contribution < -0.4 is 16.8 Å². The molecular weight excluding hydrogens is 498 g/mol. The summed E-state index contributed by atoms with van der Waals surface area (Å²) in [5.41, 5.74) is 14.6. The number of nitrogen functional groups attached to an aromatic ring is 2. The molecule has 0 aromatic carbocycles. The Hall–Kier alpha value is -3.88. The van der Waals surface area contributed by atoms with Crippen LogP contribution in [-0.4, -0.2) is 23.5 Å². The number of carbonyl (C=O) groups is 2. The van der Waals surface area contributed by atoms with Gasteiger partial charge in [0, 0.05) is 10.3 Å². The first-order chi connectivity index (χ1) is 17.3. The van der Waals surface area contributed by atoms with Crippen LogP contribution >= 0.6 is 22.7 Å². The van der Waals surface area contributed by atoms with E-state index in [1.54, 1.807) is 19.1 Å². The molecular formula is C25H23N5O4S2. The Labute approximate surface area is 214 Å². The number of anilines is 3. The van der Waals surface area contributed by atoms with Gasteiger partial charge in [-0.1, -0.05) is 6.92 Å². The number of esters is 1. The highest BCUT2D eigenvalue weighted by Gasteiger charge is 2.31. The summed E-state index contributed by atoms with van der Waals surface area (Å²) in [5, 5.41) is 13.5. The molecule has 11 heteroatoms. The first kappa shape index (κ1) is 23.8. The van der Waals surface area contributed by atoms with Crippen molar-refractivity contribution in [3.8, 4) is 17.4 Å². The number of rotatable bonds is 5. The van der Waals surface area contributed by atoms with E-state index in [-0.39, 0.29) is 28.6 Å². The first-order valence-electron chi connectivity index (χ1n) is 11.4. The van der Waals surface area contributed by atoms with Gasteiger partial charge in [0.05, 0.1) is 29.7 Å². The summed E-state index contributed by atoms with van der Waals surface area (Å²) in [4.78, 5) is 32.3. The van der Waals surface area contributed by atoms with E-state index in [2.05, 4.69) is 23.3 Å². The Morgan fingerprint density at radius 2 is 2.17 bits per heavy atom. The lowest BCUT2D eigenvalue weighted by Crippen LogP contribution is -2.16. The third kappa shape index (κ3) is 3.88. The Morgan fingerprint density at radius 3 is 2.86 bits per heavy atom. The number of hydrogen-bond acceptors (Lipinski definition) is 10. The first-order valence-corrected chi connectivity index (χ1v) is 13.1. The molecule has 9 nitrogen and oxygen atoms in total. The molecule has 1 aliphatic carbocycles. The van der Waals surface area contributed by atoms with Crippen molar-refractivity contribution in [1.82, 2.24) is 4.98 Å². The lowest BCUT2D eigenvalue weighted by Gasteiger charge is -2.18. The molecule has 4 heterocycles. The van der Waals surface area contributed by atoms with Gasteiger partial charge in [0.1, 0.15) is 37.9 Å². The number of nitrogens with one attached hydrogen (secondary N) is 1. The van der Waals surface area contributed by atoms with Crippen LogP contribution in [-0.2, 0) is 17.6 Å². The molecule has 5 rings (SSSR count). The molecule has 1 unspecified atom stereocenters. The van der Waals surface area contributed by atoms with Gasteiger partial charge in [0.15, 0.2) is 0 Å². The van der Waals surface area contributed by atoms with Crippen molar-refractivity contribution >= 4 is 61.3 Å². The average molecular weight is 522 g/mol. The van der Waals surface area contributed by atoms with Gasteiger partial charge in [0.25, 0.3) is 5.91 Å². The van der Waals surface area contributed by atoms with Crippen LogP contribution in [0.3, 0.4) is 0 Å². The lowest BCUT2D eigenvalue weighted by atomic mass is 9.88. The van der Waals surface area contributed by atoms with E-state index in [1.807, 2.05) is 0 Å². The van der Waals surface area contributed by atoms with Gasteiger partial charge in [-0.25, -0.2) is 9.78 Å². The molecule has 1 aliphatic rings. The van der Waals surface area contributed by atoms with E-state index < -0.39 is 11.9 Å². The van der Waals surface area contributed by atoms with E-state index in [1.165, 1.54) is 17.6 Å². The number of amides is 1. The molecule has 5 N–H and O–H groups in total. The van der Waals surface area contributed by atoms with Gasteiger partial charge in [-0.05, 0) is 49.8 Å². The predicted molar refractivity (Wildman–Crippen MR) is 140 cm³/mol. The highest BCUT2D eigenvalue weighted by Crippen LogP contribution is 2.44. The maximum Gasteiger partial charge on any atom is 0.341 e. The number of ether oxygens (including phenoxy) is 1. The number of pyridine rings is 1. The van der Waals surface area contributed by atoms with Crippen LogP contribution in [0.4, 0.5) is 16.5 Å². The third-order valence-corrected chi connectivity index (χ3v) is 8.48. The maximum absolute atomic E-state index is 13.5. The number of nitrogens with zero attached hydrogens (tertiary/aromatic N) is 2. The molecule has 1 atom stereocenters. The molecule has 0 fully saturated rings. The van der Waals surface area contributed by atoms with Crippen LogP contribution in [0.2, 0.25) is 0 Å². The van der Waals surface area contributed by atoms with Crippen molar-refractivity contribution < 1.29 is 18.7 Å². The zero-order valence-corrected chi connectivity index (χ0v) is 21.3. The maximum atomic E-state index is 13.5. The minimum absolute atomic E-state index is 0.0225. The summed E-state index contributed by atoms with van der Waals surface area (Å²) in [5.74, 6) is -0.00701. The normalized spacial score (nSPS) is 14.9. The molecule has 0 saturated carbocycles. The Balaban J connectivity index is 1.60. The minimum atomic E-state index is -0.477. The molecule has 4 aromatic rings. The van der Waals surface area contributed by atoms with E-state index in [0.29, 0.717) is 38.0 Å². The summed E-state index contributed by atoms with van der Waals surface area (Å²) >= 11 is 2.47. The molecule has 0 saturated heterocycles. The van der Waals surface area contributed by atoms with Crippen molar-refractivity contribution in [3.05, 3.63) is 44.8 Å². The number of carbonyl (C=O) groups excluding carboxylic acids is 2. The zero-order valence-electron chi connectivity index (χ0n) is 19.6. The summed E-state index contributed by atoms with van der Waals surface area (Å²) in [6, 6.07) is 5.44. The minimum Gasteiger partial charge on any atom is -0.464 e. The van der Waals surface area contributed by atoms with Crippen molar-refractivity contribution in [2.24, 2.45) is 5.92 Å². The zero-order chi connectivity index (χ0) is 25.6. The highest BCUT2D eigenvalue weighted by molar-refractivity contribution is 7.21. The third-order valence-electron chi connectivity index (χ3n) is 6.21. The molecule has 184 valence electrons. The molecule has 4 aromatic heterocycles. The fourth-order valence-corrected chi connectivity index (χ4v) is 6.94. The summed E-state index contributed by atoms with van der Waals surface area (Å²) < 4.78 is 10.8. The van der Waals surface area contributed by atoms with E-state index in [9.17, 15) is 14.9 Å². The Morgan fingerprint density at radius 1 is 1.36 bits per heavy atom. The number of nitrogens with two attached hydrogens (primary N) is 2. The number of thiophene rings is 2. The van der Waals surface area contributed by atoms with Gasteiger partial charge in [-0.2, -0.15) is 5.26 Å². The van der Waals surface area contributed by atoms with Crippen molar-refractivity contribution in [3.63, 3.8) is 0 Å². The smallest absolute Gasteiger partial charge is 0.341 e. The molecule has 0 spiro atoms. The van der Waals surface area contributed by atoms with Gasteiger partial charge >= 0.3 is 5.97 Å². The number of nitriles is 1. The SMILES string of the molecule is CCOC(=O)c1c(NC(=O)c2sc3nc(N)c(C#N)c(-c4ccco4)c3c2N)sc2c1CCC(C)C2. The van der Waals surface area contributed by atoms with Crippen LogP contribution in [0.1, 0.15) is 56.3 Å². The standard InChI is InChI=1S/C25H23N5O4S2/c1-3-33-25(32)17-12-7-6-11(2)9-15(12)35-23(17)30-22(31)20-19(27)18-16(14-5-4-8-34-14)13(10-26)21(28)29-24(18)36-20/h4-5,8,11H,3,6-7,9,27H2,1-2H3,(H2,28,29)(H,30,31). The van der Waals surface area contributed by atoms with Crippen LogP contribution in [0.5, 0.6) is 0 Å². The number of fused-ring (bicyclic) bond motifs is 2. The summed E-state index contributed by atoms with van der Waals surface area (Å²) in [6.45, 7) is 4.16. The molecule has 1 amide bonds. The van der Waals surface area contributed by atoms with Crippen molar-refractivity contribution in [2.75, 3.05) is 23.4 Å².